The number of nitriles is 1. The topological polar surface area (TPSA) is 198 Å². The highest BCUT2D eigenvalue weighted by Gasteiger charge is 2.45. The number of phosphoric ester groups is 1. The van der Waals surface area contributed by atoms with E-state index in [0.29, 0.717) is 11.5 Å². The van der Waals surface area contributed by atoms with Crippen molar-refractivity contribution in [2.45, 2.75) is 50.7 Å². The largest absolute Gasteiger partial charge is 0.497 e. The zero-order valence-electron chi connectivity index (χ0n) is 31.5. The molecule has 56 heavy (non-hydrogen) atoms. The number of imidazole rings is 1. The van der Waals surface area contributed by atoms with Crippen molar-refractivity contribution in [1.29, 1.82) is 5.26 Å². The van der Waals surface area contributed by atoms with Gasteiger partial charge in [-0.2, -0.15) is 15.2 Å². The van der Waals surface area contributed by atoms with E-state index < -0.39 is 31.9 Å². The number of fused-ring (bicyclic) bond motifs is 1. The first kappa shape index (κ1) is 40.3. The molecular formula is C39H43N6O10P. The summed E-state index contributed by atoms with van der Waals surface area (Å²) in [6, 6.07) is 26.7. The monoisotopic (exact) mass is 786 g/mol. The zero-order chi connectivity index (χ0) is 39.9. The Bertz CT molecular complexity index is 2150. The smallest absolute Gasteiger partial charge is 0.472 e. The molecule has 0 saturated carbocycles. The minimum atomic E-state index is -4.53. The summed E-state index contributed by atoms with van der Waals surface area (Å²) in [6.45, 7) is 3.34. The first-order chi connectivity index (χ1) is 27.0. The van der Waals surface area contributed by atoms with Crippen LogP contribution < -0.4 is 19.5 Å². The molecule has 5 aromatic rings. The third-order valence-corrected chi connectivity index (χ3v) is 10.2. The predicted octanol–water partition coefficient (Wildman–Crippen LogP) is 6.16. The van der Waals surface area contributed by atoms with Crippen LogP contribution in [0.3, 0.4) is 0 Å². The summed E-state index contributed by atoms with van der Waals surface area (Å²) < 4.78 is 55.4. The van der Waals surface area contributed by atoms with Gasteiger partial charge in [0, 0.05) is 19.4 Å². The number of hydrogen-bond acceptors (Lipinski definition) is 13. The number of nitrogens with one attached hydrogen (secondary N) is 1. The van der Waals surface area contributed by atoms with Crippen molar-refractivity contribution in [2.75, 3.05) is 39.9 Å². The molecule has 1 amide bonds. The van der Waals surface area contributed by atoms with Gasteiger partial charge >= 0.3 is 7.82 Å². The number of hydrogen-bond donors (Lipinski definition) is 2. The molecule has 1 aliphatic rings. The average Bonchev–Trinajstić information content (AvgIpc) is 3.82. The van der Waals surface area contributed by atoms with Gasteiger partial charge in [-0.15, -0.1) is 0 Å². The minimum Gasteiger partial charge on any atom is -0.497 e. The molecular weight excluding hydrogens is 743 g/mol. The normalized spacial score (nSPS) is 18.0. The Balaban J connectivity index is 1.41. The molecule has 0 radical (unpaired) electrons. The van der Waals surface area contributed by atoms with Gasteiger partial charge in [0.25, 0.3) is 0 Å². The van der Waals surface area contributed by atoms with E-state index in [1.54, 1.807) is 32.6 Å². The number of benzene rings is 3. The van der Waals surface area contributed by atoms with E-state index in [-0.39, 0.29) is 60.9 Å². The Labute approximate surface area is 323 Å². The first-order valence-electron chi connectivity index (χ1n) is 17.8. The second-order valence-electron chi connectivity index (χ2n) is 13.1. The molecule has 1 saturated heterocycles. The number of anilines is 1. The lowest BCUT2D eigenvalue weighted by Crippen LogP contribution is -2.38. The fourth-order valence-corrected chi connectivity index (χ4v) is 6.98. The van der Waals surface area contributed by atoms with E-state index in [1.165, 1.54) is 6.33 Å². The number of rotatable bonds is 17. The number of phosphoric acid groups is 1. The SMILES string of the molecule is COc1ccc(C(OC[C@H]2O[C@@H](n3cnc4c(OCCC#N)nc(NC(=O)C(C)C)nc43)C[C@@H]2OP(=O)(O)OC)(c2ccccc2)c2ccc(OC)cc2)cc1. The summed E-state index contributed by atoms with van der Waals surface area (Å²) in [4.78, 5) is 36.6. The molecule has 1 fully saturated rings. The van der Waals surface area contributed by atoms with Gasteiger partial charge in [-0.3, -0.25) is 23.7 Å². The second kappa shape index (κ2) is 17.6. The fraction of sp³-hybridized carbons (Fsp3) is 0.359. The molecule has 0 spiro atoms. The van der Waals surface area contributed by atoms with Crippen LogP contribution in [0.5, 0.6) is 17.4 Å². The molecule has 0 bridgehead atoms. The van der Waals surface area contributed by atoms with Crippen molar-refractivity contribution in [1.82, 2.24) is 19.5 Å². The Morgan fingerprint density at radius 1 is 1.00 bits per heavy atom. The zero-order valence-corrected chi connectivity index (χ0v) is 32.4. The van der Waals surface area contributed by atoms with Gasteiger partial charge in [0.05, 0.1) is 39.6 Å². The van der Waals surface area contributed by atoms with Crippen LogP contribution in [0.15, 0.2) is 85.2 Å². The van der Waals surface area contributed by atoms with E-state index in [1.807, 2.05) is 84.9 Å². The second-order valence-corrected chi connectivity index (χ2v) is 14.6. The van der Waals surface area contributed by atoms with Crippen molar-refractivity contribution in [2.24, 2.45) is 5.92 Å². The maximum atomic E-state index is 12.9. The predicted molar refractivity (Wildman–Crippen MR) is 203 cm³/mol. The number of nitrogens with zero attached hydrogens (tertiary/aromatic N) is 5. The van der Waals surface area contributed by atoms with Gasteiger partial charge in [-0.05, 0) is 41.0 Å². The Morgan fingerprint density at radius 2 is 1.62 bits per heavy atom. The van der Waals surface area contributed by atoms with Crippen molar-refractivity contribution in [3.63, 3.8) is 0 Å². The molecule has 17 heteroatoms. The molecule has 2 N–H and O–H groups in total. The summed E-state index contributed by atoms with van der Waals surface area (Å²) in [6.07, 6.45) is -1.24. The summed E-state index contributed by atoms with van der Waals surface area (Å²) in [5, 5.41) is 11.8. The van der Waals surface area contributed by atoms with E-state index in [0.717, 1.165) is 23.8 Å². The quantitative estimate of drug-likeness (QED) is 0.0617. The fourth-order valence-electron chi connectivity index (χ4n) is 6.33. The van der Waals surface area contributed by atoms with Crippen LogP contribution in [0, 0.1) is 17.2 Å². The first-order valence-corrected chi connectivity index (χ1v) is 19.3. The lowest BCUT2D eigenvalue weighted by molar-refractivity contribution is -0.118. The summed E-state index contributed by atoms with van der Waals surface area (Å²) in [5.41, 5.74) is 1.59. The number of aromatic nitrogens is 4. The molecule has 6 rings (SSSR count). The molecule has 2 aromatic heterocycles. The van der Waals surface area contributed by atoms with Crippen LogP contribution in [-0.4, -0.2) is 77.1 Å². The highest BCUT2D eigenvalue weighted by Crippen LogP contribution is 2.49. The number of carbonyl (C=O) groups is 1. The minimum absolute atomic E-state index is 0.0245. The molecule has 16 nitrogen and oxygen atoms in total. The van der Waals surface area contributed by atoms with Crippen LogP contribution >= 0.6 is 7.82 Å². The maximum Gasteiger partial charge on any atom is 0.472 e. The van der Waals surface area contributed by atoms with Crippen LogP contribution in [-0.2, 0) is 33.5 Å². The van der Waals surface area contributed by atoms with Crippen LogP contribution in [0.2, 0.25) is 0 Å². The van der Waals surface area contributed by atoms with Crippen molar-refractivity contribution >= 4 is 30.8 Å². The van der Waals surface area contributed by atoms with Crippen LogP contribution in [0.4, 0.5) is 5.95 Å². The highest BCUT2D eigenvalue weighted by molar-refractivity contribution is 7.47. The molecule has 1 unspecified atom stereocenters. The third-order valence-electron chi connectivity index (χ3n) is 9.23. The average molecular weight is 787 g/mol. The lowest BCUT2D eigenvalue weighted by atomic mass is 9.80. The van der Waals surface area contributed by atoms with E-state index in [4.69, 9.17) is 38.0 Å². The van der Waals surface area contributed by atoms with E-state index in [9.17, 15) is 14.3 Å². The molecule has 3 aromatic carbocycles. The number of ether oxygens (including phenoxy) is 5. The summed E-state index contributed by atoms with van der Waals surface area (Å²) in [7, 11) is -0.272. The van der Waals surface area contributed by atoms with Gasteiger partial charge in [0.15, 0.2) is 11.2 Å². The Morgan fingerprint density at radius 3 is 2.20 bits per heavy atom. The molecule has 4 atom stereocenters. The molecule has 0 aliphatic carbocycles. The Hall–Kier alpha value is -5.40. The maximum absolute atomic E-state index is 12.9. The van der Waals surface area contributed by atoms with E-state index >= 15 is 0 Å². The summed E-state index contributed by atoms with van der Waals surface area (Å²) in [5.74, 6) is 0.631. The van der Waals surface area contributed by atoms with Gasteiger partial charge in [0.1, 0.15) is 42.1 Å². The molecule has 3 heterocycles. The van der Waals surface area contributed by atoms with Crippen molar-refractivity contribution in [3.8, 4) is 23.4 Å². The highest BCUT2D eigenvalue weighted by atomic mass is 31.2. The lowest BCUT2D eigenvalue weighted by Gasteiger charge is -2.37. The van der Waals surface area contributed by atoms with Crippen LogP contribution in [0.1, 0.15) is 49.6 Å². The number of methoxy groups -OCH3 is 2. The van der Waals surface area contributed by atoms with Gasteiger partial charge in [-0.1, -0.05) is 68.4 Å². The van der Waals surface area contributed by atoms with Crippen molar-refractivity contribution in [3.05, 3.63) is 102 Å². The third kappa shape index (κ3) is 8.69. The summed E-state index contributed by atoms with van der Waals surface area (Å²) >= 11 is 0. The van der Waals surface area contributed by atoms with Crippen molar-refractivity contribution < 1.29 is 47.0 Å². The molecule has 1 aliphatic heterocycles. The van der Waals surface area contributed by atoms with Gasteiger partial charge in [0.2, 0.25) is 17.7 Å². The number of amides is 1. The number of carbonyl (C=O) groups excluding carboxylic acids is 1. The van der Waals surface area contributed by atoms with Gasteiger partial charge in [-0.25, -0.2) is 9.55 Å². The van der Waals surface area contributed by atoms with Gasteiger partial charge < -0.3 is 28.6 Å². The standard InChI is InChI=1S/C39H43N6O10P/c1-25(2)36(46)43-38-42-35-34(37(44-38)52-21-9-20-40)41-24-45(35)33-22-31(55-56(47,48)51-5)32(54-33)23-53-39(26-10-7-6-8-11-26,27-12-16-29(49-3)17-13-27)28-14-18-30(50-4)19-15-28/h6-8,10-19,24-25,31-33H,9,21-23H2,1-5H3,(H,47,48)(H,42,43,44,46)/t31-,32+,33+/m0/s1. The van der Waals surface area contributed by atoms with Crippen LogP contribution in [0.25, 0.3) is 11.2 Å². The molecule has 294 valence electrons. The Kier molecular flexibility index (Phi) is 12.7. The van der Waals surface area contributed by atoms with E-state index in [2.05, 4.69) is 20.3 Å².